The van der Waals surface area contributed by atoms with E-state index in [0.29, 0.717) is 0 Å². The Morgan fingerprint density at radius 3 is 1.44 bits per heavy atom. The van der Waals surface area contributed by atoms with E-state index in [9.17, 15) is 0 Å². The van der Waals surface area contributed by atoms with Gasteiger partial charge in [-0.15, -0.1) is 0 Å². The minimum absolute atomic E-state index is 0.127. The number of thioether (sulfide) groups is 1. The third-order valence-electron chi connectivity index (χ3n) is 8.96. The van der Waals surface area contributed by atoms with Crippen molar-refractivity contribution in [1.29, 1.82) is 0 Å². The van der Waals surface area contributed by atoms with E-state index in [0.717, 1.165) is 27.4 Å². The lowest BCUT2D eigenvalue weighted by atomic mass is 9.69. The van der Waals surface area contributed by atoms with Crippen LogP contribution in [0.25, 0.3) is 0 Å². The molecule has 1 saturated heterocycles. The largest absolute Gasteiger partial charge is 0.349 e. The number of hydrogen-bond donors (Lipinski definition) is 1. The molecule has 45 heavy (non-hydrogen) atoms. The molecule has 5 heteroatoms. The molecule has 3 atom stereocenters. The molecule has 5 aromatic rings. The van der Waals surface area contributed by atoms with Gasteiger partial charge in [-0.05, 0) is 48.6 Å². The zero-order chi connectivity index (χ0) is 30.9. The van der Waals surface area contributed by atoms with E-state index in [1.165, 1.54) is 5.56 Å². The summed E-state index contributed by atoms with van der Waals surface area (Å²) in [7, 11) is 0. The smallest absolute Gasteiger partial charge is 0.164 e. The van der Waals surface area contributed by atoms with Crippen LogP contribution in [-0.2, 0) is 20.6 Å². The van der Waals surface area contributed by atoms with Gasteiger partial charge in [0.25, 0.3) is 0 Å². The predicted octanol–water partition coefficient (Wildman–Crippen LogP) is 8.85. The number of nitrogens with zero attached hydrogens (tertiary/aromatic N) is 1. The first kappa shape index (κ1) is 29.5. The molecule has 0 bridgehead atoms. The number of aliphatic imine (C=N–C) groups is 1. The second-order valence-electron chi connectivity index (χ2n) is 12.2. The molecule has 2 heterocycles. The van der Waals surface area contributed by atoms with Crippen LogP contribution in [0.5, 0.6) is 0 Å². The minimum Gasteiger partial charge on any atom is -0.349 e. The van der Waals surface area contributed by atoms with Crippen molar-refractivity contribution >= 4 is 16.9 Å². The van der Waals surface area contributed by atoms with E-state index in [-0.39, 0.29) is 5.25 Å². The molecule has 2 aliphatic heterocycles. The maximum absolute atomic E-state index is 7.13. The summed E-state index contributed by atoms with van der Waals surface area (Å²) < 4.78 is 14.2. The SMILES string of the molecule is C[C@@H](SC1=NC(c2ccccc2)(c2ccccc2)[C@@H]2OC(C)(C)O[C@H]2C(c2ccccc2)(c2ccccc2)N1)c1ccccc1. The average Bonchev–Trinajstić information content (AvgIpc) is 3.38. The quantitative estimate of drug-likeness (QED) is 0.209. The van der Waals surface area contributed by atoms with Crippen molar-refractivity contribution in [2.24, 2.45) is 4.99 Å². The molecule has 4 nitrogen and oxygen atoms in total. The zero-order valence-corrected chi connectivity index (χ0v) is 26.7. The second-order valence-corrected chi connectivity index (χ2v) is 13.6. The molecule has 226 valence electrons. The molecule has 0 radical (unpaired) electrons. The van der Waals surface area contributed by atoms with E-state index < -0.39 is 29.1 Å². The van der Waals surface area contributed by atoms with Crippen LogP contribution in [-0.4, -0.2) is 23.2 Å². The molecular formula is C40H38N2O2S. The molecule has 0 aliphatic carbocycles. The number of nitrogens with one attached hydrogen (secondary N) is 1. The molecule has 5 aromatic carbocycles. The summed E-state index contributed by atoms with van der Waals surface area (Å²) in [6, 6.07) is 53.0. The first-order chi connectivity index (χ1) is 21.9. The number of ether oxygens (including phenoxy) is 2. The summed E-state index contributed by atoms with van der Waals surface area (Å²) in [5.74, 6) is -0.863. The predicted molar refractivity (Wildman–Crippen MR) is 184 cm³/mol. The van der Waals surface area contributed by atoms with Crippen molar-refractivity contribution in [2.45, 2.75) is 55.1 Å². The Bertz CT molecular complexity index is 1670. The Hall–Kier alpha value is -4.16. The highest BCUT2D eigenvalue weighted by Gasteiger charge is 2.64. The maximum Gasteiger partial charge on any atom is 0.164 e. The van der Waals surface area contributed by atoms with E-state index in [4.69, 9.17) is 14.5 Å². The van der Waals surface area contributed by atoms with Crippen LogP contribution in [0.3, 0.4) is 0 Å². The lowest BCUT2D eigenvalue weighted by molar-refractivity contribution is -0.155. The van der Waals surface area contributed by atoms with Crippen molar-refractivity contribution in [2.75, 3.05) is 0 Å². The van der Waals surface area contributed by atoms with Crippen LogP contribution in [0, 0.1) is 0 Å². The van der Waals surface area contributed by atoms with Gasteiger partial charge < -0.3 is 14.8 Å². The molecule has 1 N–H and O–H groups in total. The molecule has 0 amide bonds. The minimum atomic E-state index is -0.919. The third-order valence-corrected chi connectivity index (χ3v) is 10.0. The lowest BCUT2D eigenvalue weighted by Gasteiger charge is -2.43. The van der Waals surface area contributed by atoms with E-state index in [1.54, 1.807) is 11.8 Å². The molecule has 2 aliphatic rings. The van der Waals surface area contributed by atoms with Gasteiger partial charge in [-0.1, -0.05) is 163 Å². The van der Waals surface area contributed by atoms with Gasteiger partial charge in [0.2, 0.25) is 0 Å². The normalized spacial score (nSPS) is 21.9. The average molecular weight is 611 g/mol. The summed E-state index contributed by atoms with van der Waals surface area (Å²) in [6.07, 6.45) is -0.957. The first-order valence-corrected chi connectivity index (χ1v) is 16.5. The van der Waals surface area contributed by atoms with Crippen molar-refractivity contribution < 1.29 is 9.47 Å². The van der Waals surface area contributed by atoms with Crippen molar-refractivity contribution in [3.63, 3.8) is 0 Å². The van der Waals surface area contributed by atoms with Gasteiger partial charge in [0.1, 0.15) is 23.3 Å². The molecule has 1 fully saturated rings. The van der Waals surface area contributed by atoms with Crippen LogP contribution in [0.4, 0.5) is 0 Å². The van der Waals surface area contributed by atoms with Gasteiger partial charge in [-0.25, -0.2) is 4.99 Å². The monoisotopic (exact) mass is 610 g/mol. The Morgan fingerprint density at radius 2 is 0.978 bits per heavy atom. The van der Waals surface area contributed by atoms with Crippen LogP contribution in [0.15, 0.2) is 157 Å². The van der Waals surface area contributed by atoms with E-state index in [2.05, 4.69) is 164 Å². The van der Waals surface area contributed by atoms with Crippen LogP contribution in [0.1, 0.15) is 53.8 Å². The number of benzene rings is 5. The zero-order valence-electron chi connectivity index (χ0n) is 25.8. The fourth-order valence-corrected chi connectivity index (χ4v) is 7.98. The molecule has 0 saturated carbocycles. The summed E-state index contributed by atoms with van der Waals surface area (Å²) in [4.78, 5) is 5.83. The van der Waals surface area contributed by atoms with Gasteiger partial charge in [-0.2, -0.15) is 0 Å². The Kier molecular flexibility index (Phi) is 7.86. The fourth-order valence-electron chi connectivity index (χ4n) is 6.94. The van der Waals surface area contributed by atoms with Gasteiger partial charge >= 0.3 is 0 Å². The summed E-state index contributed by atoms with van der Waals surface area (Å²) >= 11 is 1.74. The summed E-state index contributed by atoms with van der Waals surface area (Å²) in [5, 5.41) is 5.03. The number of hydrogen-bond acceptors (Lipinski definition) is 5. The third kappa shape index (κ3) is 5.29. The second kappa shape index (κ2) is 12.0. The highest BCUT2D eigenvalue weighted by Crippen LogP contribution is 2.54. The number of rotatable bonds is 6. The molecule has 0 aromatic heterocycles. The van der Waals surface area contributed by atoms with Crippen molar-refractivity contribution in [3.05, 3.63) is 179 Å². The van der Waals surface area contributed by atoms with Crippen molar-refractivity contribution in [1.82, 2.24) is 5.32 Å². The fraction of sp³-hybridized carbons (Fsp3) is 0.225. The first-order valence-electron chi connectivity index (χ1n) is 15.6. The lowest BCUT2D eigenvalue weighted by Crippen LogP contribution is -2.58. The van der Waals surface area contributed by atoms with Gasteiger partial charge in [-0.3, -0.25) is 0 Å². The van der Waals surface area contributed by atoms with E-state index in [1.807, 2.05) is 13.8 Å². The number of amidine groups is 1. The summed E-state index contributed by atoms with van der Waals surface area (Å²) in [6.45, 7) is 6.27. The topological polar surface area (TPSA) is 42.9 Å². The highest BCUT2D eigenvalue weighted by molar-refractivity contribution is 8.14. The number of fused-ring (bicyclic) bond motifs is 1. The standard InChI is InChI=1S/C40H38N2O2S/c1-29(30-19-9-4-10-20-30)45-37-41-39(31-21-11-5-12-22-31,32-23-13-6-14-24-32)35-36(44-38(2,3)43-35)40(42-37,33-25-15-7-16-26-33)34-27-17-8-18-28-34/h4-29,35-36H,1-3H3,(H,41,42)/t29-,35-,36-/m1/s1. The van der Waals surface area contributed by atoms with E-state index >= 15 is 0 Å². The summed E-state index contributed by atoms with van der Waals surface area (Å²) in [5.41, 5.74) is 3.77. The molecular weight excluding hydrogens is 573 g/mol. The van der Waals surface area contributed by atoms with Gasteiger partial charge in [0.05, 0.1) is 0 Å². The van der Waals surface area contributed by atoms with Crippen LogP contribution >= 0.6 is 11.8 Å². The van der Waals surface area contributed by atoms with Crippen LogP contribution in [0.2, 0.25) is 0 Å². The molecule has 0 spiro atoms. The Balaban J connectivity index is 1.56. The maximum atomic E-state index is 7.13. The Morgan fingerprint density at radius 1 is 0.578 bits per heavy atom. The van der Waals surface area contributed by atoms with Gasteiger partial charge in [0.15, 0.2) is 11.0 Å². The molecule has 0 unspecified atom stereocenters. The highest BCUT2D eigenvalue weighted by atomic mass is 32.2. The Labute approximate surface area is 270 Å². The van der Waals surface area contributed by atoms with Crippen molar-refractivity contribution in [3.8, 4) is 0 Å². The van der Waals surface area contributed by atoms with Gasteiger partial charge in [0, 0.05) is 5.25 Å². The van der Waals surface area contributed by atoms with Crippen LogP contribution < -0.4 is 5.32 Å². The molecule has 7 rings (SSSR count).